The molecule has 0 unspecified atom stereocenters. The van der Waals surface area contributed by atoms with Gasteiger partial charge in [-0.3, -0.25) is 4.99 Å². The Morgan fingerprint density at radius 2 is 1.96 bits per heavy atom. The van der Waals surface area contributed by atoms with E-state index < -0.39 is 11.9 Å². The molecule has 9 heteroatoms. The Hall–Kier alpha value is -2.16. The van der Waals surface area contributed by atoms with Crippen LogP contribution in [0.15, 0.2) is 28.6 Å². The highest BCUT2D eigenvalue weighted by atomic mass is 32.1. The molecule has 0 aliphatic carbocycles. The van der Waals surface area contributed by atoms with Gasteiger partial charge in [0.25, 0.3) is 0 Å². The summed E-state index contributed by atoms with van der Waals surface area (Å²) in [6, 6.07) is 4.75. The second-order valence-corrected chi connectivity index (χ2v) is 5.93. The molecule has 0 amide bonds. The topological polar surface area (TPSA) is 49.3 Å². The first-order chi connectivity index (χ1) is 11.3. The normalized spacial score (nSPS) is 12.3. The number of alkyl halides is 3. The van der Waals surface area contributed by atoms with Crippen molar-refractivity contribution >= 4 is 17.3 Å². The Labute approximate surface area is 140 Å². The van der Waals surface area contributed by atoms with Gasteiger partial charge in [-0.05, 0) is 24.1 Å². The largest absolute Gasteiger partial charge is 0.434 e. The van der Waals surface area contributed by atoms with Gasteiger partial charge in [-0.25, -0.2) is 9.37 Å². The Morgan fingerprint density at radius 3 is 2.54 bits per heavy atom. The van der Waals surface area contributed by atoms with Gasteiger partial charge in [-0.15, -0.1) is 11.3 Å². The van der Waals surface area contributed by atoms with E-state index in [2.05, 4.69) is 20.6 Å². The van der Waals surface area contributed by atoms with Crippen molar-refractivity contribution in [3.05, 3.63) is 51.2 Å². The molecule has 130 valence electrons. The van der Waals surface area contributed by atoms with Gasteiger partial charge in [0.2, 0.25) is 0 Å². The van der Waals surface area contributed by atoms with Crippen LogP contribution in [0.2, 0.25) is 0 Å². The molecule has 0 spiro atoms. The van der Waals surface area contributed by atoms with Gasteiger partial charge in [0, 0.05) is 19.0 Å². The number of benzene rings is 1. The summed E-state index contributed by atoms with van der Waals surface area (Å²) in [5.41, 5.74) is 0.513. The molecule has 2 aromatic rings. The second kappa shape index (κ2) is 7.61. The monoisotopic (exact) mass is 360 g/mol. The highest BCUT2D eigenvalue weighted by Crippen LogP contribution is 2.29. The number of guanidine groups is 1. The van der Waals surface area contributed by atoms with E-state index in [1.807, 2.05) is 0 Å². The Bertz CT molecular complexity index is 725. The standard InChI is InChI=1S/C15H16F4N4S/c1-9-5-10(3-4-11(9)16)6-21-14(20-2)22-7-13-23-12(8-24-13)15(17,18)19/h3-5,8H,6-7H2,1-2H3,(H2,20,21,22). The Kier molecular flexibility index (Phi) is 5.76. The first kappa shape index (κ1) is 18.2. The van der Waals surface area contributed by atoms with Crippen LogP contribution in [0.1, 0.15) is 21.8 Å². The quantitative estimate of drug-likeness (QED) is 0.499. The van der Waals surface area contributed by atoms with E-state index >= 15 is 0 Å². The van der Waals surface area contributed by atoms with Crippen LogP contribution in [0.5, 0.6) is 0 Å². The maximum Gasteiger partial charge on any atom is 0.434 e. The predicted octanol–water partition coefficient (Wildman–Crippen LogP) is 3.47. The third-order valence-corrected chi connectivity index (χ3v) is 4.00. The number of aromatic nitrogens is 1. The molecule has 0 radical (unpaired) electrons. The predicted molar refractivity (Wildman–Crippen MR) is 85.3 cm³/mol. The molecule has 1 aromatic heterocycles. The fourth-order valence-electron chi connectivity index (χ4n) is 1.90. The van der Waals surface area contributed by atoms with E-state index in [0.29, 0.717) is 23.1 Å². The van der Waals surface area contributed by atoms with Crippen LogP contribution in [-0.4, -0.2) is 18.0 Å². The minimum Gasteiger partial charge on any atom is -0.352 e. The molecule has 0 aliphatic heterocycles. The highest BCUT2D eigenvalue weighted by Gasteiger charge is 2.33. The lowest BCUT2D eigenvalue weighted by molar-refractivity contribution is -0.140. The van der Waals surface area contributed by atoms with Crippen LogP contribution in [0.3, 0.4) is 0 Å². The summed E-state index contributed by atoms with van der Waals surface area (Å²) in [7, 11) is 1.55. The lowest BCUT2D eigenvalue weighted by atomic mass is 10.1. The summed E-state index contributed by atoms with van der Waals surface area (Å²) in [4.78, 5) is 7.52. The first-order valence-corrected chi connectivity index (χ1v) is 7.88. The summed E-state index contributed by atoms with van der Waals surface area (Å²) >= 11 is 0.929. The number of aliphatic imine (C=N–C) groups is 1. The zero-order valence-electron chi connectivity index (χ0n) is 13.0. The number of hydrogen-bond donors (Lipinski definition) is 2. The molecule has 0 atom stereocenters. The van der Waals surface area contributed by atoms with Crippen LogP contribution in [0.25, 0.3) is 0 Å². The van der Waals surface area contributed by atoms with E-state index in [-0.39, 0.29) is 12.4 Å². The molecule has 0 aliphatic rings. The van der Waals surface area contributed by atoms with Crippen LogP contribution >= 0.6 is 11.3 Å². The van der Waals surface area contributed by atoms with Gasteiger partial charge < -0.3 is 10.6 Å². The molecule has 0 saturated heterocycles. The van der Waals surface area contributed by atoms with Gasteiger partial charge in [-0.2, -0.15) is 13.2 Å². The van der Waals surface area contributed by atoms with Gasteiger partial charge >= 0.3 is 6.18 Å². The van der Waals surface area contributed by atoms with Crippen molar-refractivity contribution in [1.82, 2.24) is 15.6 Å². The number of nitrogens with one attached hydrogen (secondary N) is 2. The first-order valence-electron chi connectivity index (χ1n) is 7.00. The average molecular weight is 360 g/mol. The minimum atomic E-state index is -4.44. The third kappa shape index (κ3) is 4.92. The lowest BCUT2D eigenvalue weighted by Crippen LogP contribution is -2.36. The van der Waals surface area contributed by atoms with E-state index in [1.54, 1.807) is 26.1 Å². The number of hydrogen-bond acceptors (Lipinski definition) is 3. The molecular weight excluding hydrogens is 344 g/mol. The summed E-state index contributed by atoms with van der Waals surface area (Å²) in [5, 5.41) is 7.19. The van der Waals surface area contributed by atoms with Crippen molar-refractivity contribution in [1.29, 1.82) is 0 Å². The molecule has 0 fully saturated rings. The van der Waals surface area contributed by atoms with Crippen molar-refractivity contribution in [3.63, 3.8) is 0 Å². The number of thiazole rings is 1. The highest BCUT2D eigenvalue weighted by molar-refractivity contribution is 7.09. The molecule has 2 rings (SSSR count). The number of aryl methyl sites for hydroxylation is 1. The van der Waals surface area contributed by atoms with E-state index in [9.17, 15) is 17.6 Å². The van der Waals surface area contributed by atoms with Gasteiger partial charge in [0.05, 0.1) is 6.54 Å². The van der Waals surface area contributed by atoms with E-state index in [1.165, 1.54) is 6.07 Å². The second-order valence-electron chi connectivity index (χ2n) is 4.99. The molecule has 1 aromatic carbocycles. The summed E-state index contributed by atoms with van der Waals surface area (Å²) in [6.45, 7) is 2.21. The number of nitrogens with zero attached hydrogens (tertiary/aromatic N) is 2. The van der Waals surface area contributed by atoms with Crippen LogP contribution in [-0.2, 0) is 19.3 Å². The Morgan fingerprint density at radius 1 is 1.25 bits per heavy atom. The summed E-state index contributed by atoms with van der Waals surface area (Å²) < 4.78 is 50.7. The van der Waals surface area contributed by atoms with Crippen LogP contribution < -0.4 is 10.6 Å². The van der Waals surface area contributed by atoms with E-state index in [4.69, 9.17) is 0 Å². The van der Waals surface area contributed by atoms with Gasteiger partial charge in [0.15, 0.2) is 11.7 Å². The third-order valence-electron chi connectivity index (χ3n) is 3.16. The Balaban J connectivity index is 1.88. The molecule has 0 bridgehead atoms. The summed E-state index contributed by atoms with van der Waals surface area (Å²) in [5.74, 6) is 0.145. The molecule has 2 N–H and O–H groups in total. The molecular formula is C15H16F4N4S. The van der Waals surface area contributed by atoms with Crippen molar-refractivity contribution in [2.45, 2.75) is 26.2 Å². The van der Waals surface area contributed by atoms with Crippen molar-refractivity contribution < 1.29 is 17.6 Å². The smallest absolute Gasteiger partial charge is 0.352 e. The molecule has 1 heterocycles. The minimum absolute atomic E-state index is 0.128. The molecule has 24 heavy (non-hydrogen) atoms. The number of rotatable bonds is 4. The van der Waals surface area contributed by atoms with Crippen molar-refractivity contribution in [2.24, 2.45) is 4.99 Å². The fraction of sp³-hybridized carbons (Fsp3) is 0.333. The van der Waals surface area contributed by atoms with Gasteiger partial charge in [0.1, 0.15) is 10.8 Å². The van der Waals surface area contributed by atoms with Crippen LogP contribution in [0, 0.1) is 12.7 Å². The van der Waals surface area contributed by atoms with Crippen molar-refractivity contribution in [2.75, 3.05) is 7.05 Å². The maximum absolute atomic E-state index is 13.2. The fourth-order valence-corrected chi connectivity index (χ4v) is 2.65. The lowest BCUT2D eigenvalue weighted by Gasteiger charge is -2.11. The SMILES string of the molecule is CN=C(NCc1ccc(F)c(C)c1)NCc1nc(C(F)(F)F)cs1. The van der Waals surface area contributed by atoms with E-state index in [0.717, 1.165) is 22.3 Å². The zero-order valence-corrected chi connectivity index (χ0v) is 13.9. The van der Waals surface area contributed by atoms with Crippen molar-refractivity contribution in [3.8, 4) is 0 Å². The molecule has 4 nitrogen and oxygen atoms in total. The molecule has 0 saturated carbocycles. The van der Waals surface area contributed by atoms with Gasteiger partial charge in [-0.1, -0.05) is 12.1 Å². The maximum atomic E-state index is 13.2. The average Bonchev–Trinajstić information content (AvgIpc) is 3.00. The zero-order chi connectivity index (χ0) is 17.7. The summed E-state index contributed by atoms with van der Waals surface area (Å²) in [6.07, 6.45) is -4.44. The number of halogens is 4. The van der Waals surface area contributed by atoms with Crippen LogP contribution in [0.4, 0.5) is 17.6 Å².